The van der Waals surface area contributed by atoms with Crippen LogP contribution in [0.15, 0.2) is 93.2 Å². The van der Waals surface area contributed by atoms with E-state index in [1.807, 2.05) is 0 Å². The maximum atomic E-state index is 2.32. The molecule has 0 aliphatic heterocycles. The van der Waals surface area contributed by atoms with Gasteiger partial charge in [0.1, 0.15) is 0 Å². The number of fused-ring (bicyclic) bond motifs is 6. The molecule has 0 aromatic carbocycles. The summed E-state index contributed by atoms with van der Waals surface area (Å²) in [5, 5.41) is 0. The highest BCUT2D eigenvalue weighted by atomic mass is 14.3. The largest absolute Gasteiger partial charge is 0.0578 e. The molecule has 0 saturated carbocycles. The van der Waals surface area contributed by atoms with E-state index in [0.29, 0.717) is 0 Å². The van der Waals surface area contributed by atoms with E-state index in [9.17, 15) is 0 Å². The van der Waals surface area contributed by atoms with Crippen molar-refractivity contribution in [2.24, 2.45) is 0 Å². The molecule has 5 aliphatic carbocycles. The molecule has 0 unspecified atom stereocenters. The molecule has 0 amide bonds. The van der Waals surface area contributed by atoms with Crippen molar-refractivity contribution in [3.63, 3.8) is 0 Å². The van der Waals surface area contributed by atoms with Gasteiger partial charge in [0.25, 0.3) is 0 Å². The second kappa shape index (κ2) is 2.84. The Morgan fingerprint density at radius 3 is 0.944 bits per heavy atom. The molecule has 0 aromatic rings. The predicted molar refractivity (Wildman–Crippen MR) is 73.9 cm³/mol. The molecule has 0 heteroatoms. The Hall–Kier alpha value is -2.08. The molecule has 5 aliphatic rings. The first-order valence-corrected chi connectivity index (χ1v) is 6.56. The van der Waals surface area contributed by atoms with Gasteiger partial charge in [-0.15, -0.1) is 0 Å². The first kappa shape index (κ1) is 8.93. The van der Waals surface area contributed by atoms with E-state index in [2.05, 4.69) is 48.6 Å². The van der Waals surface area contributed by atoms with Gasteiger partial charge >= 0.3 is 0 Å². The molecule has 0 nitrogen and oxygen atoms in total. The van der Waals surface area contributed by atoms with Gasteiger partial charge in [0.15, 0.2) is 0 Å². The topological polar surface area (TPSA) is 0 Å². The predicted octanol–water partition coefficient (Wildman–Crippen LogP) is 4.25. The van der Waals surface area contributed by atoms with Crippen LogP contribution in [0.25, 0.3) is 0 Å². The summed E-state index contributed by atoms with van der Waals surface area (Å²) in [6.07, 6.45) is 20.6. The van der Waals surface area contributed by atoms with E-state index in [4.69, 9.17) is 0 Å². The van der Waals surface area contributed by atoms with Crippen LogP contribution in [-0.4, -0.2) is 0 Å². The summed E-state index contributed by atoms with van der Waals surface area (Å²) in [6, 6.07) is 0. The number of rotatable bonds is 0. The van der Waals surface area contributed by atoms with Gasteiger partial charge in [-0.2, -0.15) is 0 Å². The van der Waals surface area contributed by atoms with Gasteiger partial charge in [-0.3, -0.25) is 0 Å². The second-order valence-corrected chi connectivity index (χ2v) is 5.44. The lowest BCUT2D eigenvalue weighted by Crippen LogP contribution is -1.93. The molecule has 18 heavy (non-hydrogen) atoms. The van der Waals surface area contributed by atoms with Crippen molar-refractivity contribution in [3.05, 3.63) is 93.2 Å². The fourth-order valence-electron chi connectivity index (χ4n) is 3.60. The second-order valence-electron chi connectivity index (χ2n) is 5.44. The molecule has 0 atom stereocenters. The lowest BCUT2D eigenvalue weighted by molar-refractivity contribution is 1.31. The van der Waals surface area contributed by atoms with Crippen LogP contribution >= 0.6 is 0 Å². The summed E-state index contributed by atoms with van der Waals surface area (Å²) in [5.74, 6) is 0. The van der Waals surface area contributed by atoms with Crippen molar-refractivity contribution in [1.29, 1.82) is 0 Å². The van der Waals surface area contributed by atoms with Gasteiger partial charge in [0, 0.05) is 0 Å². The van der Waals surface area contributed by atoms with Gasteiger partial charge < -0.3 is 0 Å². The minimum absolute atomic E-state index is 1.13. The van der Waals surface area contributed by atoms with Gasteiger partial charge in [-0.05, 0) is 57.4 Å². The zero-order chi connectivity index (χ0) is 11.7. The monoisotopic (exact) mass is 228 g/mol. The molecule has 84 valence electrons. The van der Waals surface area contributed by atoms with Crippen molar-refractivity contribution in [2.75, 3.05) is 0 Å². The Bertz CT molecular complexity index is 624. The zero-order valence-corrected chi connectivity index (χ0v) is 10.0. The Balaban J connectivity index is 1.79. The van der Waals surface area contributed by atoms with Gasteiger partial charge in [0.05, 0.1) is 0 Å². The number of allylic oxidation sites excluding steroid dienone is 16. The normalized spacial score (nSPS) is 25.8. The van der Waals surface area contributed by atoms with Crippen LogP contribution in [0, 0.1) is 0 Å². The summed E-state index contributed by atoms with van der Waals surface area (Å²) in [6.45, 7) is 0. The number of hydrogen-bond acceptors (Lipinski definition) is 0. The summed E-state index contributed by atoms with van der Waals surface area (Å²) >= 11 is 0. The molecule has 5 rings (SSSR count). The quantitative estimate of drug-likeness (QED) is 0.581. The average Bonchev–Trinajstić information content (AvgIpc) is 3.06. The highest BCUT2D eigenvalue weighted by molar-refractivity contribution is 5.73. The summed E-state index contributed by atoms with van der Waals surface area (Å²) in [4.78, 5) is 0. The van der Waals surface area contributed by atoms with Crippen LogP contribution in [0.4, 0.5) is 0 Å². The fourth-order valence-corrected chi connectivity index (χ4v) is 3.60. The molecule has 0 heterocycles. The van der Waals surface area contributed by atoms with Crippen molar-refractivity contribution < 1.29 is 0 Å². The average molecular weight is 228 g/mol. The van der Waals surface area contributed by atoms with Crippen molar-refractivity contribution in [1.82, 2.24) is 0 Å². The fraction of sp³-hybridized carbons (Fsp3) is 0.111. The Morgan fingerprint density at radius 1 is 0.389 bits per heavy atom. The van der Waals surface area contributed by atoms with Gasteiger partial charge in [-0.25, -0.2) is 0 Å². The van der Waals surface area contributed by atoms with Gasteiger partial charge in [0.2, 0.25) is 0 Å². The zero-order valence-electron chi connectivity index (χ0n) is 10.0. The first-order valence-electron chi connectivity index (χ1n) is 6.56. The Kier molecular flexibility index (Phi) is 1.41. The maximum absolute atomic E-state index is 2.32. The highest BCUT2D eigenvalue weighted by Crippen LogP contribution is 2.45. The summed E-state index contributed by atoms with van der Waals surface area (Å²) in [5.41, 5.74) is 11.7. The van der Waals surface area contributed by atoms with Crippen LogP contribution in [0.3, 0.4) is 0 Å². The molecule has 0 spiro atoms. The van der Waals surface area contributed by atoms with Gasteiger partial charge in [-0.1, -0.05) is 48.6 Å². The van der Waals surface area contributed by atoms with Crippen LogP contribution < -0.4 is 0 Å². The maximum Gasteiger partial charge on any atom is -0.00135 e. The molecular formula is C18H12. The van der Waals surface area contributed by atoms with E-state index < -0.39 is 0 Å². The number of hydrogen-bond donors (Lipinski definition) is 0. The van der Waals surface area contributed by atoms with E-state index in [0.717, 1.165) is 12.8 Å². The third-order valence-corrected chi connectivity index (χ3v) is 4.53. The third kappa shape index (κ3) is 0.932. The molecule has 0 aromatic heterocycles. The SMILES string of the molecule is C1=CC2=C3C=CC4=C5C=CC(=C4C=CC3=C1C2)C5. The molecule has 0 fully saturated rings. The van der Waals surface area contributed by atoms with E-state index in [-0.39, 0.29) is 0 Å². The summed E-state index contributed by atoms with van der Waals surface area (Å²) in [7, 11) is 0. The molecule has 0 radical (unpaired) electrons. The lowest BCUT2D eigenvalue weighted by Gasteiger charge is -2.12. The van der Waals surface area contributed by atoms with E-state index in [1.165, 1.54) is 44.6 Å². The summed E-state index contributed by atoms with van der Waals surface area (Å²) < 4.78 is 0. The minimum atomic E-state index is 1.13. The van der Waals surface area contributed by atoms with Crippen LogP contribution in [0.5, 0.6) is 0 Å². The third-order valence-electron chi connectivity index (χ3n) is 4.53. The molecule has 0 saturated heterocycles. The van der Waals surface area contributed by atoms with Crippen molar-refractivity contribution in [3.8, 4) is 0 Å². The van der Waals surface area contributed by atoms with Crippen molar-refractivity contribution in [2.45, 2.75) is 12.8 Å². The first-order chi connectivity index (χ1) is 8.90. The highest BCUT2D eigenvalue weighted by Gasteiger charge is 2.27. The Morgan fingerprint density at radius 2 is 0.667 bits per heavy atom. The van der Waals surface area contributed by atoms with Crippen molar-refractivity contribution >= 4 is 0 Å². The van der Waals surface area contributed by atoms with Crippen LogP contribution in [0.2, 0.25) is 0 Å². The smallest absolute Gasteiger partial charge is 0.00135 e. The minimum Gasteiger partial charge on any atom is -0.0578 e. The molecule has 0 N–H and O–H groups in total. The lowest BCUT2D eigenvalue weighted by atomic mass is 9.92. The molecular weight excluding hydrogens is 216 g/mol. The Labute approximate surface area is 106 Å². The van der Waals surface area contributed by atoms with Crippen LogP contribution in [-0.2, 0) is 0 Å². The van der Waals surface area contributed by atoms with E-state index >= 15 is 0 Å². The standard InChI is InChI=1S/C18H12/c1-2-12-9-11(1)15-5-6-17-13-3-4-14(10-13)18(17)8-7-16(12)15/h1-8H,9-10H2. The van der Waals surface area contributed by atoms with Crippen LogP contribution in [0.1, 0.15) is 12.8 Å². The molecule has 4 bridgehead atoms. The van der Waals surface area contributed by atoms with E-state index in [1.54, 1.807) is 0 Å².